The topological polar surface area (TPSA) is 78.5 Å². The van der Waals surface area contributed by atoms with E-state index in [2.05, 4.69) is 29.4 Å². The van der Waals surface area contributed by atoms with Crippen molar-refractivity contribution in [3.8, 4) is 0 Å². The van der Waals surface area contributed by atoms with Crippen molar-refractivity contribution >= 4 is 29.3 Å². The zero-order valence-electron chi connectivity index (χ0n) is 24.9. The molecule has 1 saturated carbocycles. The molecule has 2 N–H and O–H groups in total. The van der Waals surface area contributed by atoms with Crippen LogP contribution in [0, 0.1) is 16.7 Å². The number of halogens is 1. The number of likely N-dealkylation sites (N-methyl/N-ethyl adjacent to an activating group) is 2. The van der Waals surface area contributed by atoms with E-state index in [9.17, 15) is 14.4 Å². The number of carbonyl (C=O) groups is 3. The molecule has 1 aromatic rings. The molecule has 3 fully saturated rings. The normalized spacial score (nSPS) is 31.2. The quantitative estimate of drug-likeness (QED) is 0.526. The predicted octanol–water partition coefficient (Wildman–Crippen LogP) is 4.35. The van der Waals surface area contributed by atoms with Gasteiger partial charge in [0.1, 0.15) is 6.54 Å². The Morgan fingerprint density at radius 2 is 1.67 bits per heavy atom. The fourth-order valence-corrected chi connectivity index (χ4v) is 7.29. The number of carbonyl (C=O) groups excluding carboxylic acids is 3. The summed E-state index contributed by atoms with van der Waals surface area (Å²) in [4.78, 5) is 43.9. The van der Waals surface area contributed by atoms with Crippen molar-refractivity contribution < 1.29 is 18.9 Å². The van der Waals surface area contributed by atoms with Gasteiger partial charge in [-0.25, -0.2) is 4.79 Å². The Hall–Kier alpha value is -1.96. The number of quaternary nitrogens is 1. The fraction of sp³-hybridized carbons (Fsp3) is 0.710. The SMILES string of the molecule is CNC(=O)[C@@H]1C[C@H](N(C(=O)C(C)(C)C)C2CCC(C)(C)CC2)C[N+]1(C)C(=O)[C@@H]1CNC[C@H]1c1ccc(Cl)cc1. The Morgan fingerprint density at radius 1 is 1.05 bits per heavy atom. The molecule has 39 heavy (non-hydrogen) atoms. The lowest BCUT2D eigenvalue weighted by molar-refractivity contribution is -0.840. The van der Waals surface area contributed by atoms with Gasteiger partial charge in [0.15, 0.2) is 6.04 Å². The van der Waals surface area contributed by atoms with Crippen LogP contribution in [0.5, 0.6) is 0 Å². The zero-order valence-corrected chi connectivity index (χ0v) is 25.6. The van der Waals surface area contributed by atoms with E-state index in [1.165, 1.54) is 0 Å². The number of hydrogen-bond donors (Lipinski definition) is 2. The highest BCUT2D eigenvalue weighted by atomic mass is 35.5. The molecular formula is C31H48ClN4O3+. The lowest BCUT2D eigenvalue weighted by Crippen LogP contribution is -2.61. The summed E-state index contributed by atoms with van der Waals surface area (Å²) in [6.07, 6.45) is 4.55. The number of amides is 3. The third kappa shape index (κ3) is 6.06. The van der Waals surface area contributed by atoms with E-state index in [0.29, 0.717) is 31.1 Å². The molecular weight excluding hydrogens is 512 g/mol. The molecule has 0 aromatic heterocycles. The van der Waals surface area contributed by atoms with Crippen LogP contribution in [0.3, 0.4) is 0 Å². The van der Waals surface area contributed by atoms with E-state index >= 15 is 0 Å². The average molecular weight is 560 g/mol. The lowest BCUT2D eigenvalue weighted by Gasteiger charge is -2.44. The first kappa shape index (κ1) is 30.0. The van der Waals surface area contributed by atoms with Crippen molar-refractivity contribution in [2.24, 2.45) is 16.7 Å². The van der Waals surface area contributed by atoms with Gasteiger partial charge >= 0.3 is 5.91 Å². The second kappa shape index (κ2) is 11.1. The fourth-order valence-electron chi connectivity index (χ4n) is 7.16. The Kier molecular flexibility index (Phi) is 8.57. The van der Waals surface area contributed by atoms with E-state index in [1.807, 2.05) is 52.1 Å². The molecule has 4 rings (SSSR count). The number of likely N-dealkylation sites (tertiary alicyclic amines) is 1. The first-order valence-electron chi connectivity index (χ1n) is 14.6. The van der Waals surface area contributed by atoms with Crippen LogP contribution < -0.4 is 10.6 Å². The first-order chi connectivity index (χ1) is 18.2. The van der Waals surface area contributed by atoms with E-state index in [1.54, 1.807) is 7.05 Å². The Bertz CT molecular complexity index is 1070. The van der Waals surface area contributed by atoms with Gasteiger partial charge in [0.05, 0.1) is 19.0 Å². The average Bonchev–Trinajstić information content (AvgIpc) is 3.50. The monoisotopic (exact) mass is 559 g/mol. The molecule has 1 aromatic carbocycles. The minimum absolute atomic E-state index is 0.0157. The molecule has 1 unspecified atom stereocenters. The highest BCUT2D eigenvalue weighted by Crippen LogP contribution is 2.42. The van der Waals surface area contributed by atoms with E-state index in [-0.39, 0.29) is 51.5 Å². The van der Waals surface area contributed by atoms with Crippen molar-refractivity contribution in [2.75, 3.05) is 33.7 Å². The van der Waals surface area contributed by atoms with Crippen LogP contribution >= 0.6 is 11.6 Å². The Labute approximate surface area is 239 Å². The molecule has 0 radical (unpaired) electrons. The summed E-state index contributed by atoms with van der Waals surface area (Å²) in [5.74, 6) is -0.180. The third-order valence-corrected chi connectivity index (χ3v) is 9.88. The highest BCUT2D eigenvalue weighted by molar-refractivity contribution is 6.30. The van der Waals surface area contributed by atoms with Crippen molar-refractivity contribution in [1.29, 1.82) is 0 Å². The molecule has 1 aliphatic carbocycles. The van der Waals surface area contributed by atoms with Crippen LogP contribution in [0.25, 0.3) is 0 Å². The van der Waals surface area contributed by atoms with Gasteiger partial charge < -0.3 is 15.5 Å². The Balaban J connectivity index is 1.66. The summed E-state index contributed by atoms with van der Waals surface area (Å²) < 4.78 is 0.0207. The highest BCUT2D eigenvalue weighted by Gasteiger charge is 2.58. The smallest absolute Gasteiger partial charge is 0.319 e. The van der Waals surface area contributed by atoms with Gasteiger partial charge in [-0.1, -0.05) is 58.4 Å². The van der Waals surface area contributed by atoms with Gasteiger partial charge in [0.25, 0.3) is 5.91 Å². The zero-order chi connectivity index (χ0) is 28.8. The summed E-state index contributed by atoms with van der Waals surface area (Å²) in [7, 11) is 3.56. The van der Waals surface area contributed by atoms with Crippen LogP contribution in [0.4, 0.5) is 0 Å². The molecule has 2 heterocycles. The van der Waals surface area contributed by atoms with E-state index < -0.39 is 11.5 Å². The molecule has 3 amide bonds. The van der Waals surface area contributed by atoms with Gasteiger partial charge in [-0.05, 0) is 48.8 Å². The van der Waals surface area contributed by atoms with Gasteiger partial charge in [0, 0.05) is 49.0 Å². The minimum atomic E-state index is -0.541. The van der Waals surface area contributed by atoms with Gasteiger partial charge in [-0.3, -0.25) is 14.1 Å². The molecule has 2 saturated heterocycles. The number of nitrogens with zero attached hydrogens (tertiary/aromatic N) is 2. The molecule has 7 nitrogen and oxygen atoms in total. The van der Waals surface area contributed by atoms with Crippen molar-refractivity contribution in [2.45, 2.75) is 90.8 Å². The second-order valence-corrected chi connectivity index (χ2v) is 14.5. The molecule has 2 aliphatic heterocycles. The largest absolute Gasteiger partial charge is 0.354 e. The maximum absolute atomic E-state index is 14.5. The molecule has 0 spiro atoms. The number of rotatable bonds is 5. The molecule has 3 aliphatic rings. The molecule has 5 atom stereocenters. The summed E-state index contributed by atoms with van der Waals surface area (Å²) in [6.45, 7) is 12.3. The maximum Gasteiger partial charge on any atom is 0.319 e. The minimum Gasteiger partial charge on any atom is -0.354 e. The van der Waals surface area contributed by atoms with Crippen molar-refractivity contribution in [1.82, 2.24) is 15.5 Å². The molecule has 8 heteroatoms. The van der Waals surface area contributed by atoms with Crippen LogP contribution in [-0.4, -0.2) is 79.0 Å². The number of benzene rings is 1. The van der Waals surface area contributed by atoms with Crippen LogP contribution in [0.1, 0.15) is 78.2 Å². The first-order valence-corrected chi connectivity index (χ1v) is 15.0. The third-order valence-electron chi connectivity index (χ3n) is 9.63. The van der Waals surface area contributed by atoms with Gasteiger partial charge in [-0.2, -0.15) is 0 Å². The van der Waals surface area contributed by atoms with Crippen LogP contribution in [0.2, 0.25) is 5.02 Å². The van der Waals surface area contributed by atoms with Crippen LogP contribution in [-0.2, 0) is 14.4 Å². The van der Waals surface area contributed by atoms with Crippen molar-refractivity contribution in [3.63, 3.8) is 0 Å². The number of hydrogen-bond acceptors (Lipinski definition) is 4. The van der Waals surface area contributed by atoms with Gasteiger partial charge in [-0.15, -0.1) is 0 Å². The van der Waals surface area contributed by atoms with Crippen molar-refractivity contribution in [3.05, 3.63) is 34.9 Å². The summed E-state index contributed by atoms with van der Waals surface area (Å²) >= 11 is 6.13. The summed E-state index contributed by atoms with van der Waals surface area (Å²) in [5.41, 5.74) is 0.816. The molecule has 0 bridgehead atoms. The maximum atomic E-state index is 14.5. The lowest BCUT2D eigenvalue weighted by atomic mass is 9.74. The van der Waals surface area contributed by atoms with E-state index in [0.717, 1.165) is 31.2 Å². The van der Waals surface area contributed by atoms with E-state index in [4.69, 9.17) is 11.6 Å². The summed E-state index contributed by atoms with van der Waals surface area (Å²) in [5, 5.41) is 6.91. The Morgan fingerprint density at radius 3 is 2.23 bits per heavy atom. The van der Waals surface area contributed by atoms with Crippen LogP contribution in [0.15, 0.2) is 24.3 Å². The molecule has 216 valence electrons. The standard InChI is InChI=1S/C31H47ClN4O3/c1-30(2,3)29(39)35(22-12-14-31(4,5)15-13-22)23-16-26(27(37)33-6)36(7,19-23)28(38)25-18-34-17-24(25)20-8-10-21(32)11-9-20/h8-11,22-26,34H,12-19H2,1-7H3/p+1/t23-,24-,25+,26-,36?/m0/s1. The van der Waals surface area contributed by atoms with Gasteiger partial charge in [0.2, 0.25) is 5.91 Å². The second-order valence-electron chi connectivity index (χ2n) is 14.1. The predicted molar refractivity (Wildman–Crippen MR) is 155 cm³/mol. The summed E-state index contributed by atoms with van der Waals surface area (Å²) in [6, 6.07) is 7.17. The number of nitrogens with one attached hydrogen (secondary N) is 2.